The van der Waals surface area contributed by atoms with Crippen molar-refractivity contribution >= 4 is 39.2 Å². The maximum Gasteiger partial charge on any atom is 0.277 e. The van der Waals surface area contributed by atoms with Gasteiger partial charge in [-0.2, -0.15) is 0 Å². The molecule has 0 radical (unpaired) electrons. The number of piperidine rings is 1. The van der Waals surface area contributed by atoms with Crippen LogP contribution in [-0.4, -0.2) is 44.8 Å². The average molecular weight is 455 g/mol. The van der Waals surface area contributed by atoms with Crippen LogP contribution in [0, 0.1) is 5.82 Å². The highest BCUT2D eigenvalue weighted by atomic mass is 32.2. The number of para-hydroxylation sites is 1. The number of hydrogen-bond donors (Lipinski definition) is 0. The predicted octanol–water partition coefficient (Wildman–Crippen LogP) is 4.98. The van der Waals surface area contributed by atoms with E-state index in [1.165, 1.54) is 22.5 Å². The second-order valence-electron chi connectivity index (χ2n) is 7.34. The van der Waals surface area contributed by atoms with Crippen molar-refractivity contribution in [3.8, 4) is 11.5 Å². The van der Waals surface area contributed by atoms with E-state index in [1.807, 2.05) is 23.1 Å². The Bertz CT molecular complexity index is 1190. The zero-order chi connectivity index (χ0) is 21.2. The minimum Gasteiger partial charge on any atom is -0.411 e. The summed E-state index contributed by atoms with van der Waals surface area (Å²) in [6, 6.07) is 14.4. The summed E-state index contributed by atoms with van der Waals surface area (Å²) >= 11 is 2.89. The predicted molar refractivity (Wildman–Crippen MR) is 119 cm³/mol. The molecule has 158 valence electrons. The number of nitrogens with zero attached hydrogens (tertiary/aromatic N) is 4. The lowest BCUT2D eigenvalue weighted by atomic mass is 9.99. The summed E-state index contributed by atoms with van der Waals surface area (Å²) in [5.41, 5.74) is 1.27. The van der Waals surface area contributed by atoms with Gasteiger partial charge in [-0.25, -0.2) is 9.37 Å². The summed E-state index contributed by atoms with van der Waals surface area (Å²) in [7, 11) is 0. The first-order valence-electron chi connectivity index (χ1n) is 10.0. The summed E-state index contributed by atoms with van der Waals surface area (Å²) in [6.45, 7) is 1.41. The fraction of sp³-hybridized carbons (Fsp3) is 0.273. The highest BCUT2D eigenvalue weighted by Gasteiger charge is 2.27. The highest BCUT2D eigenvalue weighted by Crippen LogP contribution is 2.33. The molecule has 1 fully saturated rings. The first kappa shape index (κ1) is 20.1. The fourth-order valence-electron chi connectivity index (χ4n) is 3.70. The number of benzene rings is 2. The largest absolute Gasteiger partial charge is 0.411 e. The highest BCUT2D eigenvalue weighted by molar-refractivity contribution is 7.99. The maximum atomic E-state index is 13.9. The molecular weight excluding hydrogens is 435 g/mol. The normalized spacial score (nSPS) is 16.7. The number of halogens is 1. The van der Waals surface area contributed by atoms with Gasteiger partial charge in [-0.05, 0) is 37.1 Å². The summed E-state index contributed by atoms with van der Waals surface area (Å²) in [5, 5.41) is 9.19. The molecule has 1 amide bonds. The number of fused-ring (bicyclic) bond motifs is 1. The molecule has 6 nitrogen and oxygen atoms in total. The summed E-state index contributed by atoms with van der Waals surface area (Å²) in [4.78, 5) is 19.5. The van der Waals surface area contributed by atoms with Gasteiger partial charge >= 0.3 is 0 Å². The van der Waals surface area contributed by atoms with Gasteiger partial charge in [0.2, 0.25) is 5.91 Å². The van der Waals surface area contributed by atoms with E-state index in [2.05, 4.69) is 16.3 Å². The van der Waals surface area contributed by atoms with Gasteiger partial charge in [0.1, 0.15) is 5.82 Å². The van der Waals surface area contributed by atoms with Crippen LogP contribution in [0.3, 0.4) is 0 Å². The minimum atomic E-state index is -0.423. The van der Waals surface area contributed by atoms with E-state index < -0.39 is 5.82 Å². The number of carbonyl (C=O) groups is 1. The molecule has 5 rings (SSSR count). The van der Waals surface area contributed by atoms with Crippen molar-refractivity contribution in [3.05, 3.63) is 59.4 Å². The molecule has 1 saturated heterocycles. The number of aromatic nitrogens is 3. The fourth-order valence-corrected chi connectivity index (χ4v) is 5.46. The average Bonchev–Trinajstić information content (AvgIpc) is 3.45. The molecular formula is C22H19FN4O2S2. The van der Waals surface area contributed by atoms with Gasteiger partial charge < -0.3 is 9.32 Å². The number of amides is 1. The molecule has 0 unspecified atom stereocenters. The number of thiazole rings is 1. The molecule has 4 aromatic rings. The Balaban J connectivity index is 1.21. The van der Waals surface area contributed by atoms with Crippen LogP contribution in [0.15, 0.2) is 58.2 Å². The third kappa shape index (κ3) is 4.33. The van der Waals surface area contributed by atoms with Crippen molar-refractivity contribution in [2.24, 2.45) is 0 Å². The molecule has 0 N–H and O–H groups in total. The van der Waals surface area contributed by atoms with Gasteiger partial charge in [-0.15, -0.1) is 21.5 Å². The van der Waals surface area contributed by atoms with Crippen LogP contribution >= 0.6 is 23.1 Å². The molecule has 31 heavy (non-hydrogen) atoms. The standard InChI is InChI=1S/C22H19FN4O2S2/c23-16-8-2-1-7-15(16)20-25-26-22(29-20)30-13-19(28)27-11-5-6-14(12-27)21-24-17-9-3-4-10-18(17)31-21/h1-4,7-10,14H,5-6,11-13H2/t14-/m1/s1. The van der Waals surface area contributed by atoms with Crippen LogP contribution in [0.4, 0.5) is 4.39 Å². The maximum absolute atomic E-state index is 13.9. The first-order valence-corrected chi connectivity index (χ1v) is 11.8. The van der Waals surface area contributed by atoms with E-state index in [1.54, 1.807) is 29.5 Å². The Labute approximate surface area is 186 Å². The Morgan fingerprint density at radius 1 is 1.19 bits per heavy atom. The van der Waals surface area contributed by atoms with Crippen molar-refractivity contribution in [2.75, 3.05) is 18.8 Å². The Hall–Kier alpha value is -2.78. The van der Waals surface area contributed by atoms with Gasteiger partial charge in [0.05, 0.1) is 26.5 Å². The zero-order valence-electron chi connectivity index (χ0n) is 16.5. The van der Waals surface area contributed by atoms with E-state index in [-0.39, 0.29) is 34.3 Å². The lowest BCUT2D eigenvalue weighted by molar-refractivity contribution is -0.129. The van der Waals surface area contributed by atoms with Gasteiger partial charge in [0.25, 0.3) is 11.1 Å². The first-order chi connectivity index (χ1) is 15.2. The Morgan fingerprint density at radius 3 is 2.90 bits per heavy atom. The van der Waals surface area contributed by atoms with Gasteiger partial charge in [-0.1, -0.05) is 36.0 Å². The molecule has 0 aliphatic carbocycles. The van der Waals surface area contributed by atoms with Gasteiger partial charge in [0, 0.05) is 19.0 Å². The van der Waals surface area contributed by atoms with Crippen LogP contribution in [0.2, 0.25) is 0 Å². The Morgan fingerprint density at radius 2 is 2.03 bits per heavy atom. The topological polar surface area (TPSA) is 72.1 Å². The minimum absolute atomic E-state index is 0.0291. The molecule has 3 heterocycles. The number of carbonyl (C=O) groups excluding carboxylic acids is 1. The summed E-state index contributed by atoms with van der Waals surface area (Å²) < 4.78 is 20.6. The van der Waals surface area contributed by atoms with E-state index in [0.717, 1.165) is 29.9 Å². The molecule has 1 aliphatic heterocycles. The van der Waals surface area contributed by atoms with Crippen molar-refractivity contribution in [1.29, 1.82) is 0 Å². The van der Waals surface area contributed by atoms with Crippen molar-refractivity contribution in [3.63, 3.8) is 0 Å². The number of likely N-dealkylation sites (tertiary alicyclic amines) is 1. The van der Waals surface area contributed by atoms with E-state index in [0.29, 0.717) is 6.54 Å². The van der Waals surface area contributed by atoms with Crippen LogP contribution in [-0.2, 0) is 4.79 Å². The van der Waals surface area contributed by atoms with E-state index in [9.17, 15) is 9.18 Å². The number of thioether (sulfide) groups is 1. The molecule has 0 saturated carbocycles. The Kier molecular flexibility index (Phi) is 5.69. The van der Waals surface area contributed by atoms with Gasteiger partial charge in [0.15, 0.2) is 0 Å². The van der Waals surface area contributed by atoms with Gasteiger partial charge in [-0.3, -0.25) is 4.79 Å². The van der Waals surface area contributed by atoms with Crippen molar-refractivity contribution in [1.82, 2.24) is 20.1 Å². The SMILES string of the molecule is O=C(CSc1nnc(-c2ccccc2F)o1)N1CCC[C@@H](c2nc3ccccc3s2)C1. The van der Waals surface area contributed by atoms with Crippen molar-refractivity contribution < 1.29 is 13.6 Å². The third-order valence-electron chi connectivity index (χ3n) is 5.26. The van der Waals surface area contributed by atoms with E-state index in [4.69, 9.17) is 9.40 Å². The van der Waals surface area contributed by atoms with Crippen LogP contribution < -0.4 is 0 Å². The monoisotopic (exact) mass is 454 g/mol. The lowest BCUT2D eigenvalue weighted by Crippen LogP contribution is -2.40. The van der Waals surface area contributed by atoms with Crippen LogP contribution in [0.1, 0.15) is 23.8 Å². The third-order valence-corrected chi connectivity index (χ3v) is 7.27. The second-order valence-corrected chi connectivity index (χ2v) is 9.33. The molecule has 1 atom stereocenters. The molecule has 2 aromatic heterocycles. The summed E-state index contributed by atoms with van der Waals surface area (Å²) in [6.07, 6.45) is 1.99. The summed E-state index contributed by atoms with van der Waals surface area (Å²) in [5.74, 6) is 0.179. The van der Waals surface area contributed by atoms with Crippen LogP contribution in [0.25, 0.3) is 21.7 Å². The van der Waals surface area contributed by atoms with Crippen molar-refractivity contribution in [2.45, 2.75) is 24.0 Å². The number of hydrogen-bond acceptors (Lipinski definition) is 7. The molecule has 2 aromatic carbocycles. The lowest BCUT2D eigenvalue weighted by Gasteiger charge is -2.31. The molecule has 0 spiro atoms. The smallest absolute Gasteiger partial charge is 0.277 e. The molecule has 9 heteroatoms. The second kappa shape index (κ2) is 8.76. The quantitative estimate of drug-likeness (QED) is 0.396. The van der Waals surface area contributed by atoms with Crippen LogP contribution in [0.5, 0.6) is 0 Å². The number of rotatable bonds is 5. The molecule has 1 aliphatic rings. The zero-order valence-corrected chi connectivity index (χ0v) is 18.2. The van der Waals surface area contributed by atoms with E-state index >= 15 is 0 Å². The molecule has 0 bridgehead atoms.